The van der Waals surface area contributed by atoms with Gasteiger partial charge in [0.1, 0.15) is 18.1 Å². The third-order valence-corrected chi connectivity index (χ3v) is 4.10. The van der Waals surface area contributed by atoms with Crippen LogP contribution in [0.5, 0.6) is 11.5 Å². The van der Waals surface area contributed by atoms with Gasteiger partial charge in [0, 0.05) is 22.2 Å². The molecule has 0 radical (unpaired) electrons. The van der Waals surface area contributed by atoms with Crippen LogP contribution >= 0.6 is 11.6 Å². The maximum Gasteiger partial charge on any atom is 0.251 e. The van der Waals surface area contributed by atoms with Crippen LogP contribution in [-0.2, 0) is 6.61 Å². The third-order valence-electron chi connectivity index (χ3n) is 3.85. The first-order valence-electron chi connectivity index (χ1n) is 8.39. The van der Waals surface area contributed by atoms with Gasteiger partial charge in [0.15, 0.2) is 0 Å². The number of halogens is 1. The van der Waals surface area contributed by atoms with Crippen molar-refractivity contribution in [3.8, 4) is 11.5 Å². The summed E-state index contributed by atoms with van der Waals surface area (Å²) < 4.78 is 11.1. The Morgan fingerprint density at radius 1 is 1.20 bits per heavy atom. The van der Waals surface area contributed by atoms with Crippen LogP contribution in [0.1, 0.15) is 42.6 Å². The number of nitrogens with one attached hydrogen (secondary N) is 1. The molecule has 0 saturated carbocycles. The maximum absolute atomic E-state index is 12.4. The number of benzene rings is 2. The predicted octanol–water partition coefficient (Wildman–Crippen LogP) is 4.85. The van der Waals surface area contributed by atoms with E-state index in [1.54, 1.807) is 43.5 Å². The number of carbonyl (C=O) groups is 1. The normalized spacial score (nSPS) is 11.7. The zero-order chi connectivity index (χ0) is 18.2. The van der Waals surface area contributed by atoms with E-state index in [1.165, 1.54) is 0 Å². The van der Waals surface area contributed by atoms with E-state index in [9.17, 15) is 4.79 Å². The predicted molar refractivity (Wildman–Crippen MR) is 101 cm³/mol. The van der Waals surface area contributed by atoms with Crippen molar-refractivity contribution in [2.75, 3.05) is 7.11 Å². The minimum atomic E-state index is -0.0867. The van der Waals surface area contributed by atoms with E-state index < -0.39 is 0 Å². The Labute approximate surface area is 154 Å². The average molecular weight is 362 g/mol. The lowest BCUT2D eigenvalue weighted by atomic mass is 10.1. The van der Waals surface area contributed by atoms with E-state index in [4.69, 9.17) is 21.1 Å². The first-order valence-corrected chi connectivity index (χ1v) is 8.77. The van der Waals surface area contributed by atoms with Crippen LogP contribution in [0.4, 0.5) is 0 Å². The van der Waals surface area contributed by atoms with Crippen LogP contribution in [0.3, 0.4) is 0 Å². The highest BCUT2D eigenvalue weighted by molar-refractivity contribution is 6.30. The summed E-state index contributed by atoms with van der Waals surface area (Å²) in [6.07, 6.45) is 1.98. The summed E-state index contributed by atoms with van der Waals surface area (Å²) in [5, 5.41) is 3.66. The molecular weight excluding hydrogens is 338 g/mol. The second-order valence-electron chi connectivity index (χ2n) is 5.93. The van der Waals surface area contributed by atoms with E-state index in [0.717, 1.165) is 18.4 Å². The summed E-state index contributed by atoms with van der Waals surface area (Å²) in [6, 6.07) is 12.7. The van der Waals surface area contributed by atoms with Crippen LogP contribution < -0.4 is 14.8 Å². The highest BCUT2D eigenvalue weighted by atomic mass is 35.5. The molecule has 0 bridgehead atoms. The molecule has 0 aliphatic rings. The van der Waals surface area contributed by atoms with Crippen LogP contribution in [0, 0.1) is 0 Å². The van der Waals surface area contributed by atoms with Gasteiger partial charge in [-0.15, -0.1) is 0 Å². The lowest BCUT2D eigenvalue weighted by Gasteiger charge is -2.15. The maximum atomic E-state index is 12.4. The minimum Gasteiger partial charge on any atom is -0.496 e. The molecule has 2 aromatic rings. The Balaban J connectivity index is 2.10. The van der Waals surface area contributed by atoms with Crippen molar-refractivity contribution in [3.63, 3.8) is 0 Å². The highest BCUT2D eigenvalue weighted by Crippen LogP contribution is 2.23. The molecule has 1 amide bonds. The highest BCUT2D eigenvalue weighted by Gasteiger charge is 2.13. The molecule has 25 heavy (non-hydrogen) atoms. The van der Waals surface area contributed by atoms with Gasteiger partial charge in [0.2, 0.25) is 0 Å². The van der Waals surface area contributed by atoms with E-state index in [1.807, 2.05) is 13.0 Å². The van der Waals surface area contributed by atoms with Gasteiger partial charge in [-0.25, -0.2) is 0 Å². The van der Waals surface area contributed by atoms with Crippen molar-refractivity contribution >= 4 is 17.5 Å². The van der Waals surface area contributed by atoms with Crippen molar-refractivity contribution in [3.05, 3.63) is 58.6 Å². The van der Waals surface area contributed by atoms with Crippen LogP contribution in [0.15, 0.2) is 42.5 Å². The molecule has 0 aliphatic heterocycles. The molecule has 0 fully saturated rings. The van der Waals surface area contributed by atoms with Gasteiger partial charge in [-0.2, -0.15) is 0 Å². The van der Waals surface area contributed by atoms with Gasteiger partial charge in [-0.3, -0.25) is 4.79 Å². The van der Waals surface area contributed by atoms with Crippen molar-refractivity contribution in [1.29, 1.82) is 0 Å². The molecule has 4 nitrogen and oxygen atoms in total. The van der Waals surface area contributed by atoms with Crippen molar-refractivity contribution in [2.45, 2.75) is 39.3 Å². The second kappa shape index (κ2) is 9.33. The largest absolute Gasteiger partial charge is 0.496 e. The molecule has 1 atom stereocenters. The number of rotatable bonds is 8. The summed E-state index contributed by atoms with van der Waals surface area (Å²) in [5.74, 6) is 1.31. The van der Waals surface area contributed by atoms with Crippen LogP contribution in [-0.4, -0.2) is 19.1 Å². The first-order chi connectivity index (χ1) is 12.0. The molecule has 0 heterocycles. The Morgan fingerprint density at radius 2 is 1.92 bits per heavy atom. The molecule has 0 aliphatic carbocycles. The molecule has 1 N–H and O–H groups in total. The van der Waals surface area contributed by atoms with E-state index in [-0.39, 0.29) is 11.9 Å². The number of carbonyl (C=O) groups excluding carboxylic acids is 1. The van der Waals surface area contributed by atoms with Crippen molar-refractivity contribution in [2.24, 2.45) is 0 Å². The van der Waals surface area contributed by atoms with Crippen LogP contribution in [0.2, 0.25) is 5.02 Å². The minimum absolute atomic E-state index is 0.0867. The lowest BCUT2D eigenvalue weighted by molar-refractivity contribution is 0.0938. The molecule has 1 unspecified atom stereocenters. The monoisotopic (exact) mass is 361 g/mol. The van der Waals surface area contributed by atoms with Crippen LogP contribution in [0.25, 0.3) is 0 Å². The molecule has 2 rings (SSSR count). The van der Waals surface area contributed by atoms with E-state index in [0.29, 0.717) is 28.7 Å². The quantitative estimate of drug-likeness (QED) is 0.731. The van der Waals surface area contributed by atoms with Gasteiger partial charge in [0.25, 0.3) is 5.91 Å². The van der Waals surface area contributed by atoms with E-state index in [2.05, 4.69) is 12.2 Å². The third kappa shape index (κ3) is 5.68. The molecular formula is C20H24ClNO3. The van der Waals surface area contributed by atoms with Gasteiger partial charge in [0.05, 0.1) is 7.11 Å². The molecule has 0 aromatic heterocycles. The van der Waals surface area contributed by atoms with Crippen molar-refractivity contribution in [1.82, 2.24) is 5.32 Å². The lowest BCUT2D eigenvalue weighted by Crippen LogP contribution is -2.32. The zero-order valence-electron chi connectivity index (χ0n) is 14.8. The van der Waals surface area contributed by atoms with Gasteiger partial charge in [-0.1, -0.05) is 24.9 Å². The SMILES string of the molecule is CCCC(C)NC(=O)c1ccc(OC)c(COc2ccc(Cl)cc2)c1. The van der Waals surface area contributed by atoms with Gasteiger partial charge in [-0.05, 0) is 55.8 Å². The van der Waals surface area contributed by atoms with E-state index >= 15 is 0 Å². The van der Waals surface area contributed by atoms with Gasteiger partial charge >= 0.3 is 0 Å². The summed E-state index contributed by atoms with van der Waals surface area (Å²) in [5.41, 5.74) is 1.41. The van der Waals surface area contributed by atoms with Gasteiger partial charge < -0.3 is 14.8 Å². The first kappa shape index (κ1) is 19.1. The Bertz CT molecular complexity index is 701. The number of hydrogen-bond acceptors (Lipinski definition) is 3. The molecule has 0 spiro atoms. The summed E-state index contributed by atoms with van der Waals surface area (Å²) >= 11 is 5.88. The molecule has 5 heteroatoms. The molecule has 2 aromatic carbocycles. The Hall–Kier alpha value is -2.20. The number of methoxy groups -OCH3 is 1. The standard InChI is InChI=1S/C20H24ClNO3/c1-4-5-14(2)22-20(23)15-6-11-19(24-3)16(12-15)13-25-18-9-7-17(21)8-10-18/h6-12,14H,4-5,13H2,1-3H3,(H,22,23). The number of ether oxygens (including phenoxy) is 2. The summed E-state index contributed by atoms with van der Waals surface area (Å²) in [6.45, 7) is 4.41. The second-order valence-corrected chi connectivity index (χ2v) is 6.37. The Kier molecular flexibility index (Phi) is 7.14. The smallest absolute Gasteiger partial charge is 0.251 e. The van der Waals surface area contributed by atoms with Crippen molar-refractivity contribution < 1.29 is 14.3 Å². The average Bonchev–Trinajstić information content (AvgIpc) is 2.61. The summed E-state index contributed by atoms with van der Waals surface area (Å²) in [4.78, 5) is 12.4. The Morgan fingerprint density at radius 3 is 2.56 bits per heavy atom. The number of amides is 1. The fraction of sp³-hybridized carbons (Fsp3) is 0.350. The molecule has 0 saturated heterocycles. The fourth-order valence-electron chi connectivity index (χ4n) is 2.54. The topological polar surface area (TPSA) is 47.6 Å². The zero-order valence-corrected chi connectivity index (χ0v) is 15.6. The summed E-state index contributed by atoms with van der Waals surface area (Å²) in [7, 11) is 1.60. The molecule has 134 valence electrons. The number of hydrogen-bond donors (Lipinski definition) is 1. The fourth-order valence-corrected chi connectivity index (χ4v) is 2.66.